The van der Waals surface area contributed by atoms with Crippen LogP contribution in [0.25, 0.3) is 0 Å². The van der Waals surface area contributed by atoms with Gasteiger partial charge in [-0.1, -0.05) is 55.8 Å². The van der Waals surface area contributed by atoms with Crippen LogP contribution in [0.3, 0.4) is 0 Å². The minimum Gasteiger partial charge on any atom is -0.354 e. The third-order valence-corrected chi connectivity index (χ3v) is 8.19. The number of hydrogen-bond acceptors (Lipinski definition) is 4. The number of halogens is 1. The summed E-state index contributed by atoms with van der Waals surface area (Å²) < 4.78 is 43.3. The van der Waals surface area contributed by atoms with E-state index < -0.39 is 40.2 Å². The van der Waals surface area contributed by atoms with Gasteiger partial charge in [-0.15, -0.1) is 0 Å². The summed E-state index contributed by atoms with van der Waals surface area (Å²) in [6, 6.07) is 18.2. The highest BCUT2D eigenvalue weighted by Gasteiger charge is 2.33. The molecule has 0 fully saturated rings. The molecule has 7 nitrogen and oxygen atoms in total. The second kappa shape index (κ2) is 13.4. The van der Waals surface area contributed by atoms with Gasteiger partial charge in [-0.2, -0.15) is 0 Å². The van der Waals surface area contributed by atoms with Gasteiger partial charge in [0.2, 0.25) is 11.8 Å². The van der Waals surface area contributed by atoms with E-state index in [9.17, 15) is 22.4 Å². The molecule has 1 atom stereocenters. The minimum atomic E-state index is -4.15. The molecule has 0 saturated heterocycles. The maximum Gasteiger partial charge on any atom is 0.264 e. The molecule has 3 aromatic rings. The largest absolute Gasteiger partial charge is 0.354 e. The molecule has 0 saturated carbocycles. The summed E-state index contributed by atoms with van der Waals surface area (Å²) in [4.78, 5) is 28.1. The second-order valence-electron chi connectivity index (χ2n) is 9.60. The molecule has 0 aliphatic rings. The fraction of sp³-hybridized carbons (Fsp3) is 0.333. The molecular weight excluding hydrogens is 517 g/mol. The summed E-state index contributed by atoms with van der Waals surface area (Å²) >= 11 is 0. The standard InChI is InChI=1S/C30H36FN3O4S/c1-5-6-16-32-30(36)24(4)33(20-25-12-10-11-15-28(25)31)29(35)21-34(26-18-22(2)17-23(3)19-26)39(37,38)27-13-8-7-9-14-27/h7-15,17-19,24H,5-6,16,20-21H2,1-4H3,(H,32,36)/t24-/m0/s1. The maximum atomic E-state index is 14.6. The summed E-state index contributed by atoms with van der Waals surface area (Å²) in [5.41, 5.74) is 2.22. The summed E-state index contributed by atoms with van der Waals surface area (Å²) in [5.74, 6) is -1.54. The van der Waals surface area contributed by atoms with Gasteiger partial charge in [0.05, 0.1) is 10.6 Å². The lowest BCUT2D eigenvalue weighted by Gasteiger charge is -2.32. The van der Waals surface area contributed by atoms with Crippen molar-refractivity contribution in [1.82, 2.24) is 10.2 Å². The van der Waals surface area contributed by atoms with Crippen molar-refractivity contribution in [3.05, 3.63) is 95.3 Å². The normalized spacial score (nSPS) is 12.0. The van der Waals surface area contributed by atoms with Crippen LogP contribution in [0.15, 0.2) is 77.7 Å². The van der Waals surface area contributed by atoms with Crippen molar-refractivity contribution in [2.75, 3.05) is 17.4 Å². The highest BCUT2D eigenvalue weighted by atomic mass is 32.2. The molecule has 2 amide bonds. The van der Waals surface area contributed by atoms with Crippen LogP contribution in [0.5, 0.6) is 0 Å². The molecule has 0 radical (unpaired) electrons. The van der Waals surface area contributed by atoms with Crippen molar-refractivity contribution in [3.63, 3.8) is 0 Å². The predicted molar refractivity (Wildman–Crippen MR) is 151 cm³/mol. The summed E-state index contributed by atoms with van der Waals surface area (Å²) in [6.45, 7) is 6.93. The fourth-order valence-electron chi connectivity index (χ4n) is 4.27. The number of hydrogen-bond donors (Lipinski definition) is 1. The van der Waals surface area contributed by atoms with Crippen LogP contribution in [0.2, 0.25) is 0 Å². The summed E-state index contributed by atoms with van der Waals surface area (Å²) in [6.07, 6.45) is 1.66. The number of aryl methyl sites for hydroxylation is 2. The van der Waals surface area contributed by atoms with Crippen LogP contribution >= 0.6 is 0 Å². The molecule has 0 heterocycles. The molecule has 3 aromatic carbocycles. The van der Waals surface area contributed by atoms with Gasteiger partial charge < -0.3 is 10.2 Å². The Morgan fingerprint density at radius 3 is 2.18 bits per heavy atom. The number of nitrogens with one attached hydrogen (secondary N) is 1. The van der Waals surface area contributed by atoms with Crippen molar-refractivity contribution in [1.29, 1.82) is 0 Å². The quantitative estimate of drug-likeness (QED) is 0.321. The van der Waals surface area contributed by atoms with E-state index in [1.165, 1.54) is 23.1 Å². The predicted octanol–water partition coefficient (Wildman–Crippen LogP) is 4.97. The first kappa shape index (κ1) is 29.8. The Kier molecular flexibility index (Phi) is 10.2. The van der Waals surface area contributed by atoms with Gasteiger partial charge in [-0.3, -0.25) is 13.9 Å². The van der Waals surface area contributed by atoms with Crippen molar-refractivity contribution in [3.8, 4) is 0 Å². The van der Waals surface area contributed by atoms with Gasteiger partial charge in [0.25, 0.3) is 10.0 Å². The molecule has 0 aliphatic carbocycles. The number of sulfonamides is 1. The Labute approximate surface area is 230 Å². The lowest BCUT2D eigenvalue weighted by Crippen LogP contribution is -2.51. The highest BCUT2D eigenvalue weighted by molar-refractivity contribution is 7.92. The zero-order valence-electron chi connectivity index (χ0n) is 22.9. The molecule has 0 bridgehead atoms. The van der Waals surface area contributed by atoms with Gasteiger partial charge in [0.15, 0.2) is 0 Å². The van der Waals surface area contributed by atoms with Gasteiger partial charge in [-0.25, -0.2) is 12.8 Å². The third-order valence-electron chi connectivity index (χ3n) is 6.40. The Balaban J connectivity index is 2.03. The van der Waals surface area contributed by atoms with Crippen LogP contribution in [-0.2, 0) is 26.2 Å². The number of benzene rings is 3. The van der Waals surface area contributed by atoms with Gasteiger partial charge in [0.1, 0.15) is 18.4 Å². The fourth-order valence-corrected chi connectivity index (χ4v) is 5.69. The van der Waals surface area contributed by atoms with Crippen LogP contribution in [0, 0.1) is 19.7 Å². The molecule has 0 aromatic heterocycles. The number of carbonyl (C=O) groups excluding carboxylic acids is 2. The topological polar surface area (TPSA) is 86.8 Å². The number of nitrogens with zero attached hydrogens (tertiary/aromatic N) is 2. The first-order chi connectivity index (χ1) is 18.5. The van der Waals surface area contributed by atoms with Crippen molar-refractivity contribution < 1.29 is 22.4 Å². The van der Waals surface area contributed by atoms with E-state index in [1.54, 1.807) is 55.5 Å². The molecule has 0 unspecified atom stereocenters. The van der Waals surface area contributed by atoms with Gasteiger partial charge in [0, 0.05) is 18.7 Å². The molecule has 0 aliphatic heterocycles. The zero-order chi connectivity index (χ0) is 28.6. The number of carbonyl (C=O) groups is 2. The SMILES string of the molecule is CCCCNC(=O)[C@H](C)N(Cc1ccccc1F)C(=O)CN(c1cc(C)cc(C)c1)S(=O)(=O)c1ccccc1. The summed E-state index contributed by atoms with van der Waals surface area (Å²) in [5, 5.41) is 2.82. The van der Waals surface area contributed by atoms with E-state index in [4.69, 9.17) is 0 Å². The van der Waals surface area contributed by atoms with Gasteiger partial charge >= 0.3 is 0 Å². The van der Waals surface area contributed by atoms with E-state index in [-0.39, 0.29) is 17.0 Å². The highest BCUT2D eigenvalue weighted by Crippen LogP contribution is 2.26. The van der Waals surface area contributed by atoms with Crippen LogP contribution in [0.4, 0.5) is 10.1 Å². The van der Waals surface area contributed by atoms with E-state index in [0.717, 1.165) is 28.3 Å². The first-order valence-electron chi connectivity index (χ1n) is 13.0. The Hall–Kier alpha value is -3.72. The zero-order valence-corrected chi connectivity index (χ0v) is 23.7. The summed E-state index contributed by atoms with van der Waals surface area (Å²) in [7, 11) is -4.15. The molecule has 9 heteroatoms. The van der Waals surface area contributed by atoms with Crippen molar-refractivity contribution in [2.24, 2.45) is 0 Å². The number of anilines is 1. The monoisotopic (exact) mass is 553 g/mol. The van der Waals surface area contributed by atoms with E-state index in [0.29, 0.717) is 12.2 Å². The van der Waals surface area contributed by atoms with E-state index >= 15 is 0 Å². The molecule has 1 N–H and O–H groups in total. The molecule has 3 rings (SSSR count). The van der Waals surface area contributed by atoms with Crippen LogP contribution in [0.1, 0.15) is 43.4 Å². The number of rotatable bonds is 12. The van der Waals surface area contributed by atoms with E-state index in [2.05, 4.69) is 5.32 Å². The molecule has 0 spiro atoms. The third kappa shape index (κ3) is 7.66. The number of amides is 2. The average molecular weight is 554 g/mol. The second-order valence-corrected chi connectivity index (χ2v) is 11.5. The smallest absolute Gasteiger partial charge is 0.264 e. The minimum absolute atomic E-state index is 0.0305. The van der Waals surface area contributed by atoms with Crippen molar-refractivity contribution in [2.45, 2.75) is 58.0 Å². The average Bonchev–Trinajstić information content (AvgIpc) is 2.90. The number of unbranched alkanes of at least 4 members (excludes halogenated alkanes) is 1. The lowest BCUT2D eigenvalue weighted by molar-refractivity contribution is -0.139. The maximum absolute atomic E-state index is 14.6. The lowest BCUT2D eigenvalue weighted by atomic mass is 10.1. The van der Waals surface area contributed by atoms with Crippen LogP contribution in [-0.4, -0.2) is 44.3 Å². The van der Waals surface area contributed by atoms with Crippen molar-refractivity contribution >= 4 is 27.5 Å². The first-order valence-corrected chi connectivity index (χ1v) is 14.4. The van der Waals surface area contributed by atoms with Crippen LogP contribution < -0.4 is 9.62 Å². The van der Waals surface area contributed by atoms with Gasteiger partial charge in [-0.05, 0) is 68.7 Å². The Morgan fingerprint density at radius 2 is 1.56 bits per heavy atom. The Bertz CT molecular complexity index is 1380. The Morgan fingerprint density at radius 1 is 0.949 bits per heavy atom. The molecular formula is C30H36FN3O4S. The molecule has 39 heavy (non-hydrogen) atoms. The molecule has 208 valence electrons. The van der Waals surface area contributed by atoms with E-state index in [1.807, 2.05) is 26.8 Å².